The molecule has 0 heterocycles. The fourth-order valence-electron chi connectivity index (χ4n) is 1.00. The van der Waals surface area contributed by atoms with Gasteiger partial charge in [-0.25, -0.2) is 4.39 Å². The lowest BCUT2D eigenvalue weighted by Crippen LogP contribution is -2.22. The molecule has 0 aromatic rings. The first kappa shape index (κ1) is 8.49. The molecule has 0 spiro atoms. The minimum absolute atomic E-state index is 0.723. The summed E-state index contributed by atoms with van der Waals surface area (Å²) in [5.74, 6) is 0. The van der Waals surface area contributed by atoms with Crippen molar-refractivity contribution < 1.29 is 4.39 Å². The number of halogens is 3. The zero-order valence-electron chi connectivity index (χ0n) is 5.04. The predicted octanol–water partition coefficient (Wildman–Crippen LogP) is 3.46. The molecule has 1 rings (SSSR count). The average molecular weight is 354 g/mol. The topological polar surface area (TPSA) is 0 Å². The second-order valence-corrected chi connectivity index (χ2v) is 6.23. The lowest BCUT2D eigenvalue weighted by atomic mass is 9.99. The van der Waals surface area contributed by atoms with Crippen molar-refractivity contribution in [2.75, 3.05) is 0 Å². The van der Waals surface area contributed by atoms with Gasteiger partial charge in [-0.15, -0.1) is 0 Å². The molecule has 0 radical (unpaired) electrons. The molecule has 54 valence electrons. The van der Waals surface area contributed by atoms with Gasteiger partial charge in [-0.05, 0) is 48.3 Å². The van der Waals surface area contributed by atoms with Gasteiger partial charge in [-0.1, -0.05) is 22.6 Å². The Bertz CT molecular complexity index is 93.2. The van der Waals surface area contributed by atoms with E-state index < -0.39 is 3.68 Å². The van der Waals surface area contributed by atoms with Crippen LogP contribution in [-0.4, -0.2) is 7.60 Å². The molecule has 1 saturated carbocycles. The summed E-state index contributed by atoms with van der Waals surface area (Å²) in [6.07, 6.45) is 3.61. The normalized spacial score (nSPS) is 45.0. The Morgan fingerprint density at radius 1 is 1.33 bits per heavy atom. The van der Waals surface area contributed by atoms with Gasteiger partial charge in [0.05, 0.1) is 0 Å². The van der Waals surface area contributed by atoms with Crippen molar-refractivity contribution in [3.63, 3.8) is 0 Å². The molecular weight excluding hydrogens is 345 g/mol. The van der Waals surface area contributed by atoms with Crippen LogP contribution in [0.5, 0.6) is 0 Å². The third-order valence-corrected chi connectivity index (χ3v) is 3.97. The van der Waals surface area contributed by atoms with Gasteiger partial charge in [0.25, 0.3) is 0 Å². The molecule has 0 aromatic heterocycles. The Kier molecular flexibility index (Phi) is 3.01. The Hall–Kier alpha value is 1.39. The number of hydrogen-bond donors (Lipinski definition) is 0. The van der Waals surface area contributed by atoms with E-state index in [2.05, 4.69) is 22.6 Å². The first-order valence-corrected chi connectivity index (χ1v) is 5.44. The summed E-state index contributed by atoms with van der Waals surface area (Å²) in [7, 11) is 0. The Labute approximate surface area is 82.2 Å². The van der Waals surface area contributed by atoms with Crippen molar-refractivity contribution >= 4 is 45.2 Å². The lowest BCUT2D eigenvalue weighted by molar-refractivity contribution is 0.238. The highest BCUT2D eigenvalue weighted by Gasteiger charge is 2.30. The maximum absolute atomic E-state index is 13.0. The SMILES string of the molecule is FC1(I)CCC(I)CC1. The summed E-state index contributed by atoms with van der Waals surface area (Å²) in [4.78, 5) is 0. The number of rotatable bonds is 0. The van der Waals surface area contributed by atoms with Crippen LogP contribution in [0.2, 0.25) is 0 Å². The van der Waals surface area contributed by atoms with E-state index in [1.54, 1.807) is 0 Å². The van der Waals surface area contributed by atoms with E-state index in [0.717, 1.165) is 29.6 Å². The molecule has 9 heavy (non-hydrogen) atoms. The van der Waals surface area contributed by atoms with E-state index in [1.165, 1.54) is 0 Å². The first-order valence-electron chi connectivity index (χ1n) is 3.12. The molecule has 0 aromatic carbocycles. The molecular formula is C6H9FI2. The van der Waals surface area contributed by atoms with Crippen molar-refractivity contribution in [3.05, 3.63) is 0 Å². The largest absolute Gasteiger partial charge is 0.232 e. The molecule has 0 amide bonds. The molecule has 0 nitrogen and oxygen atoms in total. The van der Waals surface area contributed by atoms with Crippen molar-refractivity contribution in [1.82, 2.24) is 0 Å². The molecule has 0 bridgehead atoms. The Morgan fingerprint density at radius 3 is 2.11 bits per heavy atom. The highest BCUT2D eigenvalue weighted by molar-refractivity contribution is 14.1. The van der Waals surface area contributed by atoms with Crippen molar-refractivity contribution in [3.8, 4) is 0 Å². The summed E-state index contributed by atoms with van der Waals surface area (Å²) < 4.78 is 12.9. The van der Waals surface area contributed by atoms with E-state index in [0.29, 0.717) is 0 Å². The van der Waals surface area contributed by atoms with Gasteiger partial charge < -0.3 is 0 Å². The van der Waals surface area contributed by atoms with Crippen LogP contribution in [-0.2, 0) is 0 Å². The van der Waals surface area contributed by atoms with Gasteiger partial charge in [-0.3, -0.25) is 0 Å². The summed E-state index contributed by atoms with van der Waals surface area (Å²) in [6, 6.07) is 0. The van der Waals surface area contributed by atoms with Crippen LogP contribution in [0.1, 0.15) is 25.7 Å². The highest BCUT2D eigenvalue weighted by atomic mass is 127. The maximum Gasteiger partial charge on any atom is 0.161 e. The predicted molar refractivity (Wildman–Crippen MR) is 54.1 cm³/mol. The van der Waals surface area contributed by atoms with Crippen LogP contribution < -0.4 is 0 Å². The van der Waals surface area contributed by atoms with E-state index >= 15 is 0 Å². The zero-order valence-corrected chi connectivity index (χ0v) is 9.35. The molecule has 0 saturated heterocycles. The summed E-state index contributed by atoms with van der Waals surface area (Å²) in [5.41, 5.74) is 0. The van der Waals surface area contributed by atoms with Gasteiger partial charge in [0.15, 0.2) is 3.68 Å². The molecule has 0 aliphatic heterocycles. The third-order valence-electron chi connectivity index (χ3n) is 1.65. The second kappa shape index (κ2) is 3.19. The smallest absolute Gasteiger partial charge is 0.161 e. The molecule has 1 fully saturated rings. The van der Waals surface area contributed by atoms with Crippen molar-refractivity contribution in [2.24, 2.45) is 0 Å². The quantitative estimate of drug-likeness (QED) is 0.462. The molecule has 1 aliphatic carbocycles. The van der Waals surface area contributed by atoms with Crippen LogP contribution >= 0.6 is 45.2 Å². The van der Waals surface area contributed by atoms with Crippen molar-refractivity contribution in [2.45, 2.75) is 33.3 Å². The van der Waals surface area contributed by atoms with E-state index in [4.69, 9.17) is 0 Å². The van der Waals surface area contributed by atoms with Crippen LogP contribution in [0.4, 0.5) is 4.39 Å². The fraction of sp³-hybridized carbons (Fsp3) is 1.00. The van der Waals surface area contributed by atoms with E-state index in [9.17, 15) is 4.39 Å². The minimum atomic E-state index is -0.876. The summed E-state index contributed by atoms with van der Waals surface area (Å²) >= 11 is 4.33. The van der Waals surface area contributed by atoms with Crippen LogP contribution in [0.3, 0.4) is 0 Å². The monoisotopic (exact) mass is 354 g/mol. The number of alkyl halides is 3. The molecule has 0 N–H and O–H groups in total. The fourth-order valence-corrected chi connectivity index (χ4v) is 2.25. The standard InChI is InChI=1S/C6H9FI2/c7-6(9)3-1-5(8)2-4-6/h5H,1-4H2. The van der Waals surface area contributed by atoms with Crippen molar-refractivity contribution in [1.29, 1.82) is 0 Å². The Morgan fingerprint density at radius 2 is 1.78 bits per heavy atom. The third kappa shape index (κ3) is 2.86. The van der Waals surface area contributed by atoms with E-state index in [1.807, 2.05) is 22.6 Å². The summed E-state index contributed by atoms with van der Waals surface area (Å²) in [6.45, 7) is 0. The average Bonchev–Trinajstić information content (AvgIpc) is 1.78. The molecule has 3 heteroatoms. The molecule has 0 unspecified atom stereocenters. The Balaban J connectivity index is 2.35. The van der Waals surface area contributed by atoms with Crippen LogP contribution in [0.15, 0.2) is 0 Å². The molecule has 0 atom stereocenters. The second-order valence-electron chi connectivity index (χ2n) is 2.53. The van der Waals surface area contributed by atoms with Gasteiger partial charge in [0, 0.05) is 3.92 Å². The van der Waals surface area contributed by atoms with Gasteiger partial charge in [-0.2, -0.15) is 0 Å². The van der Waals surface area contributed by atoms with E-state index in [-0.39, 0.29) is 0 Å². The minimum Gasteiger partial charge on any atom is -0.232 e. The van der Waals surface area contributed by atoms with Crippen LogP contribution in [0, 0.1) is 0 Å². The van der Waals surface area contributed by atoms with Gasteiger partial charge >= 0.3 is 0 Å². The number of hydrogen-bond acceptors (Lipinski definition) is 0. The lowest BCUT2D eigenvalue weighted by Gasteiger charge is -2.26. The summed E-state index contributed by atoms with van der Waals surface area (Å²) in [5, 5.41) is 0. The van der Waals surface area contributed by atoms with Gasteiger partial charge in [0.2, 0.25) is 0 Å². The maximum atomic E-state index is 13.0. The highest BCUT2D eigenvalue weighted by Crippen LogP contribution is 2.39. The van der Waals surface area contributed by atoms with Crippen LogP contribution in [0.25, 0.3) is 0 Å². The first-order chi connectivity index (χ1) is 4.10. The van der Waals surface area contributed by atoms with Gasteiger partial charge in [0.1, 0.15) is 0 Å². The zero-order chi connectivity index (χ0) is 6.91. The molecule has 1 aliphatic rings.